The van der Waals surface area contributed by atoms with E-state index in [-0.39, 0.29) is 16.3 Å². The van der Waals surface area contributed by atoms with Crippen LogP contribution in [0.3, 0.4) is 0 Å². The molecule has 0 aliphatic carbocycles. The Hall–Kier alpha value is -3.18. The highest BCUT2D eigenvalue weighted by molar-refractivity contribution is 6.35. The van der Waals surface area contributed by atoms with Crippen LogP contribution in [0.2, 0.25) is 5.02 Å². The first-order valence-electron chi connectivity index (χ1n) is 8.20. The highest BCUT2D eigenvalue weighted by Gasteiger charge is 2.27. The summed E-state index contributed by atoms with van der Waals surface area (Å²) < 4.78 is 6.53. The minimum absolute atomic E-state index is 0.0186. The fourth-order valence-corrected chi connectivity index (χ4v) is 3.18. The standard InChI is InChI=1S/C21H16ClNO4/c1-13(24)17-20(27-14(2)25)18(22)19(15-9-5-3-6-10-15)23(21(17)26)16-11-7-4-8-12-16/h3-12H,1-2H3. The lowest BCUT2D eigenvalue weighted by atomic mass is 10.1. The summed E-state index contributed by atoms with van der Waals surface area (Å²) in [7, 11) is 0. The van der Waals surface area contributed by atoms with E-state index < -0.39 is 17.3 Å². The Morgan fingerprint density at radius 1 is 0.926 bits per heavy atom. The quantitative estimate of drug-likeness (QED) is 0.499. The summed E-state index contributed by atoms with van der Waals surface area (Å²) in [6, 6.07) is 17.8. The zero-order chi connectivity index (χ0) is 19.6. The maximum absolute atomic E-state index is 13.3. The van der Waals surface area contributed by atoms with Gasteiger partial charge in [-0.25, -0.2) is 0 Å². The first kappa shape index (κ1) is 18.6. The van der Waals surface area contributed by atoms with Gasteiger partial charge in [0.2, 0.25) is 0 Å². The van der Waals surface area contributed by atoms with E-state index in [1.165, 1.54) is 18.4 Å². The molecule has 1 heterocycles. The molecule has 0 aliphatic rings. The van der Waals surface area contributed by atoms with Crippen LogP contribution in [-0.4, -0.2) is 16.3 Å². The van der Waals surface area contributed by atoms with E-state index in [2.05, 4.69) is 0 Å². The van der Waals surface area contributed by atoms with Crippen molar-refractivity contribution < 1.29 is 14.3 Å². The van der Waals surface area contributed by atoms with Crippen LogP contribution in [0.1, 0.15) is 24.2 Å². The SMILES string of the molecule is CC(=O)Oc1c(Cl)c(-c2ccccc2)n(-c2ccccc2)c(=O)c1C(C)=O. The molecule has 3 aromatic rings. The summed E-state index contributed by atoms with van der Waals surface area (Å²) in [5, 5.41) is 0.0186. The number of aromatic nitrogens is 1. The summed E-state index contributed by atoms with van der Waals surface area (Å²) in [5.41, 5.74) is 0.661. The Morgan fingerprint density at radius 3 is 2.00 bits per heavy atom. The van der Waals surface area contributed by atoms with Crippen molar-refractivity contribution in [2.24, 2.45) is 0 Å². The number of ether oxygens (including phenoxy) is 1. The maximum Gasteiger partial charge on any atom is 0.308 e. The first-order valence-corrected chi connectivity index (χ1v) is 8.58. The molecule has 0 saturated carbocycles. The molecule has 0 bridgehead atoms. The van der Waals surface area contributed by atoms with Gasteiger partial charge in [0.15, 0.2) is 11.5 Å². The molecule has 0 atom stereocenters. The Morgan fingerprint density at radius 2 is 1.48 bits per heavy atom. The van der Waals surface area contributed by atoms with Crippen molar-refractivity contribution in [3.63, 3.8) is 0 Å². The van der Waals surface area contributed by atoms with Crippen LogP contribution in [0.15, 0.2) is 65.5 Å². The van der Waals surface area contributed by atoms with Gasteiger partial charge in [-0.2, -0.15) is 0 Å². The number of Topliss-reactive ketones (excluding diaryl/α,β-unsaturated/α-hetero) is 1. The van der Waals surface area contributed by atoms with Crippen LogP contribution in [0.5, 0.6) is 5.75 Å². The molecule has 0 fully saturated rings. The lowest BCUT2D eigenvalue weighted by Gasteiger charge is -2.19. The summed E-state index contributed by atoms with van der Waals surface area (Å²) in [5.74, 6) is -1.43. The number of ketones is 1. The minimum Gasteiger partial charge on any atom is -0.424 e. The number of pyridine rings is 1. The molecule has 0 radical (unpaired) electrons. The first-order chi connectivity index (χ1) is 12.9. The number of rotatable bonds is 4. The van der Waals surface area contributed by atoms with Gasteiger partial charge in [-0.05, 0) is 19.1 Å². The van der Waals surface area contributed by atoms with Gasteiger partial charge < -0.3 is 4.74 Å². The third-order valence-corrected chi connectivity index (χ3v) is 4.29. The maximum atomic E-state index is 13.3. The molecule has 136 valence electrons. The van der Waals surface area contributed by atoms with Crippen molar-refractivity contribution in [3.05, 3.63) is 81.6 Å². The Bertz CT molecular complexity index is 1070. The smallest absolute Gasteiger partial charge is 0.308 e. The van der Waals surface area contributed by atoms with Gasteiger partial charge in [0.05, 0.1) is 5.69 Å². The van der Waals surface area contributed by atoms with Gasteiger partial charge in [-0.3, -0.25) is 19.0 Å². The van der Waals surface area contributed by atoms with Crippen molar-refractivity contribution in [2.75, 3.05) is 0 Å². The van der Waals surface area contributed by atoms with Gasteiger partial charge in [0.1, 0.15) is 10.6 Å². The number of nitrogens with zero attached hydrogens (tertiary/aromatic N) is 1. The number of hydrogen-bond donors (Lipinski definition) is 0. The molecule has 27 heavy (non-hydrogen) atoms. The van der Waals surface area contributed by atoms with E-state index in [1.807, 2.05) is 12.1 Å². The second-order valence-corrected chi connectivity index (χ2v) is 6.24. The fourth-order valence-electron chi connectivity index (χ4n) is 2.85. The third kappa shape index (κ3) is 3.55. The Labute approximate surface area is 160 Å². The number of para-hydroxylation sites is 1. The van der Waals surface area contributed by atoms with Crippen LogP contribution >= 0.6 is 11.6 Å². The number of benzene rings is 2. The van der Waals surface area contributed by atoms with Gasteiger partial charge in [0.25, 0.3) is 5.56 Å². The van der Waals surface area contributed by atoms with Crippen LogP contribution in [0, 0.1) is 0 Å². The summed E-state index contributed by atoms with van der Waals surface area (Å²) in [4.78, 5) is 37.0. The van der Waals surface area contributed by atoms with Crippen molar-refractivity contribution >= 4 is 23.4 Å². The monoisotopic (exact) mass is 381 g/mol. The summed E-state index contributed by atoms with van der Waals surface area (Å²) in [6.07, 6.45) is 0. The van der Waals surface area contributed by atoms with Crippen molar-refractivity contribution in [3.8, 4) is 22.7 Å². The van der Waals surface area contributed by atoms with Gasteiger partial charge in [-0.1, -0.05) is 60.1 Å². The van der Waals surface area contributed by atoms with Crippen LogP contribution in [0.4, 0.5) is 0 Å². The van der Waals surface area contributed by atoms with E-state index in [9.17, 15) is 14.4 Å². The zero-order valence-electron chi connectivity index (χ0n) is 14.7. The number of halogens is 1. The zero-order valence-corrected chi connectivity index (χ0v) is 15.5. The largest absolute Gasteiger partial charge is 0.424 e. The van der Waals surface area contributed by atoms with Crippen LogP contribution in [0.25, 0.3) is 16.9 Å². The van der Waals surface area contributed by atoms with E-state index in [4.69, 9.17) is 16.3 Å². The number of esters is 1. The topological polar surface area (TPSA) is 65.4 Å². The average molecular weight is 382 g/mol. The van der Waals surface area contributed by atoms with E-state index >= 15 is 0 Å². The number of carbonyl (C=O) groups excluding carboxylic acids is 2. The molecule has 0 unspecified atom stereocenters. The van der Waals surface area contributed by atoms with E-state index in [1.54, 1.807) is 48.5 Å². The summed E-state index contributed by atoms with van der Waals surface area (Å²) in [6.45, 7) is 2.42. The molecule has 0 aliphatic heterocycles. The molecule has 0 spiro atoms. The molecule has 0 saturated heterocycles. The molecular weight excluding hydrogens is 366 g/mol. The van der Waals surface area contributed by atoms with Crippen molar-refractivity contribution in [1.29, 1.82) is 0 Å². The molecule has 5 nitrogen and oxygen atoms in total. The predicted octanol–water partition coefficient (Wildman–Crippen LogP) is 4.29. The Kier molecular flexibility index (Phi) is 5.23. The number of carbonyl (C=O) groups is 2. The second-order valence-electron chi connectivity index (χ2n) is 5.86. The molecular formula is C21H16ClNO4. The fraction of sp³-hybridized carbons (Fsp3) is 0.0952. The Balaban J connectivity index is 2.50. The van der Waals surface area contributed by atoms with Crippen LogP contribution < -0.4 is 10.3 Å². The third-order valence-electron chi connectivity index (χ3n) is 3.93. The van der Waals surface area contributed by atoms with Gasteiger partial charge in [0, 0.05) is 18.2 Å². The van der Waals surface area contributed by atoms with E-state index in [0.29, 0.717) is 16.9 Å². The van der Waals surface area contributed by atoms with Crippen molar-refractivity contribution in [2.45, 2.75) is 13.8 Å². The highest BCUT2D eigenvalue weighted by Crippen LogP contribution is 2.37. The molecule has 0 N–H and O–H groups in total. The molecule has 3 rings (SSSR count). The van der Waals surface area contributed by atoms with Crippen LogP contribution in [-0.2, 0) is 4.79 Å². The normalized spacial score (nSPS) is 10.5. The van der Waals surface area contributed by atoms with Gasteiger partial charge >= 0.3 is 5.97 Å². The average Bonchev–Trinajstić information content (AvgIpc) is 2.65. The lowest BCUT2D eigenvalue weighted by molar-refractivity contribution is -0.131. The second kappa shape index (κ2) is 7.60. The highest BCUT2D eigenvalue weighted by atomic mass is 35.5. The summed E-state index contributed by atoms with van der Waals surface area (Å²) >= 11 is 6.57. The van der Waals surface area contributed by atoms with E-state index in [0.717, 1.165) is 0 Å². The minimum atomic E-state index is -0.671. The lowest BCUT2D eigenvalue weighted by Crippen LogP contribution is -2.28. The molecule has 0 amide bonds. The molecule has 6 heteroatoms. The van der Waals surface area contributed by atoms with Gasteiger partial charge in [-0.15, -0.1) is 0 Å². The molecule has 2 aromatic carbocycles. The molecule has 1 aromatic heterocycles. The predicted molar refractivity (Wildman–Crippen MR) is 104 cm³/mol. The number of hydrogen-bond acceptors (Lipinski definition) is 4. The van der Waals surface area contributed by atoms with Crippen molar-refractivity contribution in [1.82, 2.24) is 4.57 Å².